The number of carbonyl (C=O) groups is 1. The molecule has 0 fully saturated rings. The summed E-state index contributed by atoms with van der Waals surface area (Å²) in [5, 5.41) is 3.74. The summed E-state index contributed by atoms with van der Waals surface area (Å²) in [6, 6.07) is 7.07. The molecule has 1 amide bonds. The molecule has 1 N–H and O–H groups in total. The van der Waals surface area contributed by atoms with Crippen LogP contribution in [0.1, 0.15) is 20.2 Å². The molecule has 0 aliphatic carbocycles. The first-order valence-electron chi connectivity index (χ1n) is 5.52. The van der Waals surface area contributed by atoms with Gasteiger partial charge in [-0.25, -0.2) is 4.98 Å². The molecule has 1 heterocycles. The highest BCUT2D eigenvalue weighted by molar-refractivity contribution is 7.11. The summed E-state index contributed by atoms with van der Waals surface area (Å²) in [7, 11) is 1.58. The molecule has 0 aliphatic rings. The minimum Gasteiger partial charge on any atom is -0.497 e. The van der Waals surface area contributed by atoms with E-state index in [1.807, 2.05) is 6.92 Å². The molecule has 18 heavy (non-hydrogen) atoms. The molecule has 94 valence electrons. The highest BCUT2D eigenvalue weighted by Crippen LogP contribution is 2.13. The van der Waals surface area contributed by atoms with E-state index in [-0.39, 0.29) is 5.91 Å². The molecule has 1 aromatic carbocycles. The summed E-state index contributed by atoms with van der Waals surface area (Å²) in [5.41, 5.74) is 0.586. The van der Waals surface area contributed by atoms with Crippen LogP contribution in [0.2, 0.25) is 0 Å². The van der Waals surface area contributed by atoms with E-state index >= 15 is 0 Å². The number of rotatable bonds is 4. The highest BCUT2D eigenvalue weighted by Gasteiger charge is 2.07. The van der Waals surface area contributed by atoms with E-state index in [2.05, 4.69) is 10.3 Å². The lowest BCUT2D eigenvalue weighted by Crippen LogP contribution is -2.22. The maximum absolute atomic E-state index is 11.9. The number of carbonyl (C=O) groups excluding carboxylic acids is 1. The summed E-state index contributed by atoms with van der Waals surface area (Å²) in [5.74, 6) is 0.550. The number of ether oxygens (including phenoxy) is 1. The third kappa shape index (κ3) is 3.07. The third-order valence-electron chi connectivity index (χ3n) is 2.40. The molecule has 5 heteroatoms. The van der Waals surface area contributed by atoms with E-state index in [0.29, 0.717) is 17.9 Å². The van der Waals surface area contributed by atoms with Crippen LogP contribution in [0, 0.1) is 6.92 Å². The molecule has 0 spiro atoms. The van der Waals surface area contributed by atoms with Crippen molar-refractivity contribution in [2.75, 3.05) is 7.11 Å². The first kappa shape index (κ1) is 12.6. The third-order valence-corrected chi connectivity index (χ3v) is 3.31. The molecular weight excluding hydrogens is 248 g/mol. The largest absolute Gasteiger partial charge is 0.497 e. The molecule has 1 aromatic heterocycles. The molecule has 2 rings (SSSR count). The van der Waals surface area contributed by atoms with E-state index in [9.17, 15) is 4.79 Å². The summed E-state index contributed by atoms with van der Waals surface area (Å²) in [6.07, 6.45) is 1.80. The summed E-state index contributed by atoms with van der Waals surface area (Å²) in [6.45, 7) is 2.44. The van der Waals surface area contributed by atoms with Crippen LogP contribution in [-0.4, -0.2) is 18.0 Å². The summed E-state index contributed by atoms with van der Waals surface area (Å²) >= 11 is 1.58. The molecule has 4 nitrogen and oxygen atoms in total. The minimum absolute atomic E-state index is 0.123. The topological polar surface area (TPSA) is 51.2 Å². The van der Waals surface area contributed by atoms with Gasteiger partial charge < -0.3 is 10.1 Å². The standard InChI is InChI=1S/C13H14N2O2S/c1-9-7-14-12(18-9)8-15-13(16)10-4-3-5-11(6-10)17-2/h3-7H,8H2,1-2H3,(H,15,16). The zero-order valence-electron chi connectivity index (χ0n) is 10.3. The van der Waals surface area contributed by atoms with Crippen LogP contribution >= 0.6 is 11.3 Å². The van der Waals surface area contributed by atoms with Gasteiger partial charge in [0.05, 0.1) is 13.7 Å². The second-order valence-corrected chi connectivity index (χ2v) is 5.10. The van der Waals surface area contributed by atoms with Gasteiger partial charge >= 0.3 is 0 Å². The van der Waals surface area contributed by atoms with Gasteiger partial charge in [-0.3, -0.25) is 4.79 Å². The van der Waals surface area contributed by atoms with Gasteiger partial charge in [-0.15, -0.1) is 11.3 Å². The van der Waals surface area contributed by atoms with Crippen LogP contribution in [0.15, 0.2) is 30.5 Å². The van der Waals surface area contributed by atoms with Crippen molar-refractivity contribution in [2.24, 2.45) is 0 Å². The number of aryl methyl sites for hydroxylation is 1. The first-order valence-corrected chi connectivity index (χ1v) is 6.34. The number of nitrogens with one attached hydrogen (secondary N) is 1. The van der Waals surface area contributed by atoms with Crippen LogP contribution in [0.3, 0.4) is 0 Å². The average Bonchev–Trinajstić information content (AvgIpc) is 2.82. The van der Waals surface area contributed by atoms with Crippen LogP contribution in [-0.2, 0) is 6.54 Å². The van der Waals surface area contributed by atoms with E-state index in [4.69, 9.17) is 4.74 Å². The monoisotopic (exact) mass is 262 g/mol. The molecule has 2 aromatic rings. The Labute approximate surface area is 110 Å². The molecule has 0 unspecified atom stereocenters. The Morgan fingerprint density at radius 1 is 1.50 bits per heavy atom. The van der Waals surface area contributed by atoms with Crippen molar-refractivity contribution in [3.8, 4) is 5.75 Å². The van der Waals surface area contributed by atoms with Gasteiger partial charge in [0.2, 0.25) is 0 Å². The van der Waals surface area contributed by atoms with Gasteiger partial charge in [-0.1, -0.05) is 6.07 Å². The Morgan fingerprint density at radius 2 is 2.33 bits per heavy atom. The number of hydrogen-bond donors (Lipinski definition) is 1. The molecular formula is C13H14N2O2S. The number of benzene rings is 1. The quantitative estimate of drug-likeness (QED) is 0.920. The second-order valence-electron chi connectivity index (χ2n) is 3.78. The fourth-order valence-corrected chi connectivity index (χ4v) is 2.23. The number of nitrogens with zero attached hydrogens (tertiary/aromatic N) is 1. The van der Waals surface area contributed by atoms with Crippen molar-refractivity contribution in [1.29, 1.82) is 0 Å². The maximum Gasteiger partial charge on any atom is 0.251 e. The average molecular weight is 262 g/mol. The van der Waals surface area contributed by atoms with Gasteiger partial charge in [0.15, 0.2) is 0 Å². The van der Waals surface area contributed by atoms with E-state index in [1.165, 1.54) is 0 Å². The highest BCUT2D eigenvalue weighted by atomic mass is 32.1. The van der Waals surface area contributed by atoms with Crippen LogP contribution in [0.5, 0.6) is 5.75 Å². The molecule has 0 aliphatic heterocycles. The van der Waals surface area contributed by atoms with Crippen molar-refractivity contribution in [3.63, 3.8) is 0 Å². The second kappa shape index (κ2) is 5.64. The minimum atomic E-state index is -0.123. The zero-order chi connectivity index (χ0) is 13.0. The van der Waals surface area contributed by atoms with Crippen molar-refractivity contribution in [2.45, 2.75) is 13.5 Å². The maximum atomic E-state index is 11.9. The predicted molar refractivity (Wildman–Crippen MR) is 71.0 cm³/mol. The van der Waals surface area contributed by atoms with Gasteiger partial charge in [-0.05, 0) is 25.1 Å². The number of methoxy groups -OCH3 is 1. The van der Waals surface area contributed by atoms with Gasteiger partial charge in [0.1, 0.15) is 10.8 Å². The van der Waals surface area contributed by atoms with Gasteiger partial charge in [0.25, 0.3) is 5.91 Å². The lowest BCUT2D eigenvalue weighted by atomic mass is 10.2. The lowest BCUT2D eigenvalue weighted by Gasteiger charge is -2.05. The zero-order valence-corrected chi connectivity index (χ0v) is 11.1. The van der Waals surface area contributed by atoms with Crippen LogP contribution in [0.25, 0.3) is 0 Å². The Bertz CT molecular complexity index is 551. The number of aromatic nitrogens is 1. The number of thiazole rings is 1. The van der Waals surface area contributed by atoms with Crippen molar-refractivity contribution in [3.05, 3.63) is 45.9 Å². The Hall–Kier alpha value is -1.88. The SMILES string of the molecule is COc1cccc(C(=O)NCc2ncc(C)s2)c1. The molecule has 0 atom stereocenters. The fraction of sp³-hybridized carbons (Fsp3) is 0.231. The first-order chi connectivity index (χ1) is 8.69. The summed E-state index contributed by atoms with van der Waals surface area (Å²) < 4.78 is 5.08. The Kier molecular flexibility index (Phi) is 3.94. The molecule has 0 saturated carbocycles. The predicted octanol–water partition coefficient (Wildman–Crippen LogP) is 2.39. The van der Waals surface area contributed by atoms with Crippen LogP contribution < -0.4 is 10.1 Å². The fourth-order valence-electron chi connectivity index (χ4n) is 1.51. The van der Waals surface area contributed by atoms with E-state index in [1.54, 1.807) is 48.9 Å². The lowest BCUT2D eigenvalue weighted by molar-refractivity contribution is 0.0950. The van der Waals surface area contributed by atoms with Crippen molar-refractivity contribution >= 4 is 17.2 Å². The van der Waals surface area contributed by atoms with E-state index in [0.717, 1.165) is 9.88 Å². The molecule has 0 radical (unpaired) electrons. The smallest absolute Gasteiger partial charge is 0.251 e. The summed E-state index contributed by atoms with van der Waals surface area (Å²) in [4.78, 5) is 17.2. The van der Waals surface area contributed by atoms with E-state index < -0.39 is 0 Å². The molecule has 0 saturated heterocycles. The Balaban J connectivity index is 1.99. The van der Waals surface area contributed by atoms with Crippen molar-refractivity contribution in [1.82, 2.24) is 10.3 Å². The normalized spacial score (nSPS) is 10.1. The van der Waals surface area contributed by atoms with Crippen molar-refractivity contribution < 1.29 is 9.53 Å². The number of hydrogen-bond acceptors (Lipinski definition) is 4. The van der Waals surface area contributed by atoms with Gasteiger partial charge in [-0.2, -0.15) is 0 Å². The number of amides is 1. The van der Waals surface area contributed by atoms with Gasteiger partial charge in [0, 0.05) is 16.6 Å². The molecule has 0 bridgehead atoms. The van der Waals surface area contributed by atoms with Crippen LogP contribution in [0.4, 0.5) is 0 Å². The Morgan fingerprint density at radius 3 is 3.00 bits per heavy atom.